The molecule has 17 heavy (non-hydrogen) atoms. The van der Waals surface area contributed by atoms with E-state index in [1.807, 2.05) is 18.2 Å². The number of ketones is 1. The molecule has 2 aromatic carbocycles. The third-order valence-electron chi connectivity index (χ3n) is 3.44. The molecule has 1 nitrogen and oxygen atoms in total. The van der Waals surface area contributed by atoms with Gasteiger partial charge in [0.1, 0.15) is 5.78 Å². The zero-order valence-corrected chi connectivity index (χ0v) is 9.60. The molecule has 0 saturated heterocycles. The predicted octanol–water partition coefficient (Wildman–Crippen LogP) is 3.80. The van der Waals surface area contributed by atoms with E-state index in [1.165, 1.54) is 16.7 Å². The molecule has 3 rings (SSSR count). The van der Waals surface area contributed by atoms with E-state index in [1.54, 1.807) is 0 Å². The standard InChI is InChI=1S/C16H14O/c17-16-10-15(11-16)14-8-6-13(7-9-14)12-4-2-1-3-5-12/h1-9,15H,10-11H2. The lowest BCUT2D eigenvalue weighted by Crippen LogP contribution is -2.20. The van der Waals surface area contributed by atoms with Crippen LogP contribution in [0.3, 0.4) is 0 Å². The molecule has 1 fully saturated rings. The first kappa shape index (κ1) is 10.3. The van der Waals surface area contributed by atoms with Crippen molar-refractivity contribution in [3.63, 3.8) is 0 Å². The second kappa shape index (κ2) is 4.17. The van der Waals surface area contributed by atoms with Gasteiger partial charge in [0.2, 0.25) is 0 Å². The molecule has 1 saturated carbocycles. The zero-order valence-electron chi connectivity index (χ0n) is 9.60. The Kier molecular flexibility index (Phi) is 2.52. The number of hydrogen-bond acceptors (Lipinski definition) is 1. The van der Waals surface area contributed by atoms with E-state index in [0.717, 1.165) is 12.8 Å². The van der Waals surface area contributed by atoms with Crippen molar-refractivity contribution in [3.05, 3.63) is 60.2 Å². The van der Waals surface area contributed by atoms with E-state index in [2.05, 4.69) is 36.4 Å². The third kappa shape index (κ3) is 2.01. The molecule has 84 valence electrons. The van der Waals surface area contributed by atoms with Gasteiger partial charge in [-0.3, -0.25) is 4.79 Å². The average Bonchev–Trinajstić information content (AvgIpc) is 2.36. The molecule has 2 aromatic rings. The predicted molar refractivity (Wildman–Crippen MR) is 68.9 cm³/mol. The van der Waals surface area contributed by atoms with Crippen molar-refractivity contribution in [1.29, 1.82) is 0 Å². The fourth-order valence-electron chi connectivity index (χ4n) is 2.30. The molecule has 0 atom stereocenters. The summed E-state index contributed by atoms with van der Waals surface area (Å²) >= 11 is 0. The van der Waals surface area contributed by atoms with Crippen molar-refractivity contribution in [2.45, 2.75) is 18.8 Å². The van der Waals surface area contributed by atoms with Crippen LogP contribution in [-0.2, 0) is 4.79 Å². The minimum Gasteiger partial charge on any atom is -0.300 e. The van der Waals surface area contributed by atoms with Crippen LogP contribution in [0.2, 0.25) is 0 Å². The lowest BCUT2D eigenvalue weighted by Gasteiger charge is -2.24. The van der Waals surface area contributed by atoms with Crippen LogP contribution in [-0.4, -0.2) is 5.78 Å². The van der Waals surface area contributed by atoms with Crippen LogP contribution < -0.4 is 0 Å². The average molecular weight is 222 g/mol. The SMILES string of the molecule is O=C1CC(c2ccc(-c3ccccc3)cc2)C1. The van der Waals surface area contributed by atoms with Crippen molar-refractivity contribution < 1.29 is 4.79 Å². The van der Waals surface area contributed by atoms with Gasteiger partial charge in [0.15, 0.2) is 0 Å². The van der Waals surface area contributed by atoms with Gasteiger partial charge in [-0.05, 0) is 22.6 Å². The second-order valence-corrected chi connectivity index (χ2v) is 4.63. The first-order valence-corrected chi connectivity index (χ1v) is 6.00. The maximum atomic E-state index is 11.0. The molecule has 0 bridgehead atoms. The van der Waals surface area contributed by atoms with E-state index < -0.39 is 0 Å². The highest BCUT2D eigenvalue weighted by atomic mass is 16.1. The number of hydrogen-bond donors (Lipinski definition) is 0. The quantitative estimate of drug-likeness (QED) is 0.755. The highest BCUT2D eigenvalue weighted by Crippen LogP contribution is 2.34. The van der Waals surface area contributed by atoms with E-state index in [4.69, 9.17) is 0 Å². The van der Waals surface area contributed by atoms with Gasteiger partial charge in [0, 0.05) is 12.8 Å². The first-order valence-electron chi connectivity index (χ1n) is 6.00. The van der Waals surface area contributed by atoms with Gasteiger partial charge in [0.05, 0.1) is 0 Å². The second-order valence-electron chi connectivity index (χ2n) is 4.63. The van der Waals surface area contributed by atoms with E-state index in [0.29, 0.717) is 11.7 Å². The number of carbonyl (C=O) groups excluding carboxylic acids is 1. The molecule has 0 spiro atoms. The summed E-state index contributed by atoms with van der Waals surface area (Å²) in [5.74, 6) is 0.856. The van der Waals surface area contributed by atoms with Crippen molar-refractivity contribution >= 4 is 5.78 Å². The maximum Gasteiger partial charge on any atom is 0.134 e. The molecule has 1 aliphatic carbocycles. The molecule has 0 heterocycles. The van der Waals surface area contributed by atoms with Gasteiger partial charge in [0.25, 0.3) is 0 Å². The normalized spacial score (nSPS) is 15.6. The number of Topliss-reactive ketones (excluding diaryl/α,β-unsaturated/α-hetero) is 1. The van der Waals surface area contributed by atoms with Gasteiger partial charge in [-0.1, -0.05) is 54.6 Å². The largest absolute Gasteiger partial charge is 0.300 e. The van der Waals surface area contributed by atoms with Crippen molar-refractivity contribution in [2.75, 3.05) is 0 Å². The Morgan fingerprint density at radius 1 is 0.765 bits per heavy atom. The minimum absolute atomic E-state index is 0.391. The van der Waals surface area contributed by atoms with Crippen LogP contribution in [0.4, 0.5) is 0 Å². The summed E-state index contributed by atoms with van der Waals surface area (Å²) in [5, 5.41) is 0. The van der Waals surface area contributed by atoms with Gasteiger partial charge >= 0.3 is 0 Å². The van der Waals surface area contributed by atoms with Crippen molar-refractivity contribution in [2.24, 2.45) is 0 Å². The molecule has 0 aromatic heterocycles. The molecule has 1 heteroatoms. The first-order chi connectivity index (χ1) is 8.33. The van der Waals surface area contributed by atoms with Gasteiger partial charge in [-0.25, -0.2) is 0 Å². The summed E-state index contributed by atoms with van der Waals surface area (Å²) in [6.07, 6.45) is 1.45. The van der Waals surface area contributed by atoms with Gasteiger partial charge < -0.3 is 0 Å². The topological polar surface area (TPSA) is 17.1 Å². The summed E-state index contributed by atoms with van der Waals surface area (Å²) in [5.41, 5.74) is 3.77. The number of carbonyl (C=O) groups is 1. The summed E-state index contributed by atoms with van der Waals surface area (Å²) in [6.45, 7) is 0. The maximum absolute atomic E-state index is 11.0. The van der Waals surface area contributed by atoms with Crippen LogP contribution in [0.25, 0.3) is 11.1 Å². The van der Waals surface area contributed by atoms with E-state index >= 15 is 0 Å². The molecule has 0 N–H and O–H groups in total. The lowest BCUT2D eigenvalue weighted by molar-refractivity contribution is -0.124. The Morgan fingerprint density at radius 3 is 1.94 bits per heavy atom. The van der Waals surface area contributed by atoms with Crippen LogP contribution in [0.5, 0.6) is 0 Å². The monoisotopic (exact) mass is 222 g/mol. The number of benzene rings is 2. The highest BCUT2D eigenvalue weighted by molar-refractivity contribution is 5.86. The lowest BCUT2D eigenvalue weighted by atomic mass is 9.78. The van der Waals surface area contributed by atoms with Crippen molar-refractivity contribution in [1.82, 2.24) is 0 Å². The van der Waals surface area contributed by atoms with E-state index in [-0.39, 0.29) is 0 Å². The molecular formula is C16H14O. The number of rotatable bonds is 2. The highest BCUT2D eigenvalue weighted by Gasteiger charge is 2.27. The summed E-state index contributed by atoms with van der Waals surface area (Å²) < 4.78 is 0. The van der Waals surface area contributed by atoms with Crippen LogP contribution in [0, 0.1) is 0 Å². The third-order valence-corrected chi connectivity index (χ3v) is 3.44. The Labute approximate surface area is 101 Å². The summed E-state index contributed by atoms with van der Waals surface area (Å²) in [7, 11) is 0. The Hall–Kier alpha value is -1.89. The fourth-order valence-corrected chi connectivity index (χ4v) is 2.30. The van der Waals surface area contributed by atoms with Gasteiger partial charge in [-0.2, -0.15) is 0 Å². The van der Waals surface area contributed by atoms with Gasteiger partial charge in [-0.15, -0.1) is 0 Å². The van der Waals surface area contributed by atoms with Crippen LogP contribution >= 0.6 is 0 Å². The summed E-state index contributed by atoms with van der Waals surface area (Å²) in [4.78, 5) is 11.0. The molecule has 0 amide bonds. The fraction of sp³-hybridized carbons (Fsp3) is 0.188. The molecule has 0 aliphatic heterocycles. The molecule has 1 aliphatic rings. The minimum atomic E-state index is 0.391. The Morgan fingerprint density at radius 2 is 1.35 bits per heavy atom. The van der Waals surface area contributed by atoms with E-state index in [9.17, 15) is 4.79 Å². The Bertz CT molecular complexity index is 517. The Balaban J connectivity index is 1.83. The molecule has 0 radical (unpaired) electrons. The van der Waals surface area contributed by atoms with Crippen molar-refractivity contribution in [3.8, 4) is 11.1 Å². The molecule has 0 unspecified atom stereocenters. The smallest absolute Gasteiger partial charge is 0.134 e. The van der Waals surface area contributed by atoms with Crippen LogP contribution in [0.15, 0.2) is 54.6 Å². The van der Waals surface area contributed by atoms with Crippen LogP contribution in [0.1, 0.15) is 24.3 Å². The zero-order chi connectivity index (χ0) is 11.7. The summed E-state index contributed by atoms with van der Waals surface area (Å²) in [6, 6.07) is 18.9. The molecular weight excluding hydrogens is 208 g/mol.